The largest absolute Gasteiger partial charge is 0.497 e. The van der Waals surface area contributed by atoms with Gasteiger partial charge in [0.1, 0.15) is 23.0 Å². The fourth-order valence-electron chi connectivity index (χ4n) is 4.36. The van der Waals surface area contributed by atoms with E-state index in [9.17, 15) is 4.79 Å². The molecule has 0 radical (unpaired) electrons. The Balaban J connectivity index is 1.43. The van der Waals surface area contributed by atoms with Gasteiger partial charge in [0.15, 0.2) is 5.82 Å². The van der Waals surface area contributed by atoms with Gasteiger partial charge in [-0.25, -0.2) is 19.4 Å². The molecule has 4 aromatic rings. The smallest absolute Gasteiger partial charge is 0.410 e. The summed E-state index contributed by atoms with van der Waals surface area (Å²) in [5.41, 5.74) is 1.21. The summed E-state index contributed by atoms with van der Waals surface area (Å²) < 4.78 is 12.9. The van der Waals surface area contributed by atoms with Crippen LogP contribution in [-0.4, -0.2) is 74.6 Å². The molecule has 3 aromatic heterocycles. The zero-order valence-corrected chi connectivity index (χ0v) is 22.1. The van der Waals surface area contributed by atoms with Gasteiger partial charge in [0.2, 0.25) is 0 Å². The highest BCUT2D eigenvalue weighted by Crippen LogP contribution is 2.31. The predicted molar refractivity (Wildman–Crippen MR) is 145 cm³/mol. The number of pyridine rings is 1. The van der Waals surface area contributed by atoms with Crippen molar-refractivity contribution in [3.63, 3.8) is 0 Å². The number of hydrogen-bond acceptors (Lipinski definition) is 9. The van der Waals surface area contributed by atoms with Crippen molar-refractivity contribution in [2.75, 3.05) is 43.5 Å². The molecule has 1 amide bonds. The molecule has 4 heterocycles. The number of aromatic nitrogens is 5. The van der Waals surface area contributed by atoms with Crippen LogP contribution < -0.4 is 15.0 Å². The number of rotatable bonds is 5. The minimum Gasteiger partial charge on any atom is -0.497 e. The van der Waals surface area contributed by atoms with E-state index in [1.165, 1.54) is 0 Å². The second kappa shape index (κ2) is 10.5. The summed E-state index contributed by atoms with van der Waals surface area (Å²) in [6, 6.07) is 9.77. The van der Waals surface area contributed by atoms with E-state index in [0.29, 0.717) is 31.3 Å². The number of carbonyl (C=O) groups excluding carboxylic acids is 1. The highest BCUT2D eigenvalue weighted by Gasteiger charge is 2.25. The van der Waals surface area contributed by atoms with Crippen LogP contribution in [-0.2, 0) is 4.74 Å². The Morgan fingerprint density at radius 2 is 1.87 bits per heavy atom. The first kappa shape index (κ1) is 25.2. The SMILES string of the molecule is COc1ccc2c(Nc3cnccn3)nn(-c3ccnc(N4CCCN(C(=O)OC(C)(C)C)CC4)c3)c2c1. The van der Waals surface area contributed by atoms with Crippen LogP contribution in [0.5, 0.6) is 5.75 Å². The van der Waals surface area contributed by atoms with Crippen molar-refractivity contribution in [1.82, 2.24) is 29.6 Å². The van der Waals surface area contributed by atoms with Crippen LogP contribution in [0.1, 0.15) is 27.2 Å². The second-order valence-corrected chi connectivity index (χ2v) is 10.0. The maximum atomic E-state index is 12.6. The normalized spacial score (nSPS) is 14.3. The van der Waals surface area contributed by atoms with Crippen LogP contribution >= 0.6 is 0 Å². The number of benzene rings is 1. The van der Waals surface area contributed by atoms with Gasteiger partial charge in [-0.3, -0.25) is 4.98 Å². The first-order chi connectivity index (χ1) is 18.3. The molecule has 1 aliphatic heterocycles. The van der Waals surface area contributed by atoms with Crippen molar-refractivity contribution in [2.45, 2.75) is 32.8 Å². The molecular weight excluding hydrogens is 484 g/mol. The minimum atomic E-state index is -0.519. The third-order valence-electron chi connectivity index (χ3n) is 6.14. The topological polar surface area (TPSA) is 111 Å². The number of carbonyl (C=O) groups is 1. The molecule has 0 unspecified atom stereocenters. The average molecular weight is 517 g/mol. The van der Waals surface area contributed by atoms with Crippen molar-refractivity contribution in [3.05, 3.63) is 55.1 Å². The first-order valence-electron chi connectivity index (χ1n) is 12.6. The van der Waals surface area contributed by atoms with E-state index in [-0.39, 0.29) is 6.09 Å². The van der Waals surface area contributed by atoms with E-state index in [2.05, 4.69) is 25.2 Å². The van der Waals surface area contributed by atoms with Crippen LogP contribution in [0, 0.1) is 0 Å². The van der Waals surface area contributed by atoms with Gasteiger partial charge in [-0.1, -0.05) is 0 Å². The number of anilines is 3. The van der Waals surface area contributed by atoms with Gasteiger partial charge in [-0.2, -0.15) is 0 Å². The molecule has 1 N–H and O–H groups in total. The van der Waals surface area contributed by atoms with Gasteiger partial charge in [0.05, 0.1) is 24.5 Å². The van der Waals surface area contributed by atoms with Crippen LogP contribution in [0.15, 0.2) is 55.1 Å². The summed E-state index contributed by atoms with van der Waals surface area (Å²) in [5.74, 6) is 2.81. The molecule has 0 spiro atoms. The number of nitrogens with one attached hydrogen (secondary N) is 1. The molecule has 11 nitrogen and oxygen atoms in total. The Kier molecular flexibility index (Phi) is 6.99. The number of ether oxygens (including phenoxy) is 2. The summed E-state index contributed by atoms with van der Waals surface area (Å²) in [5, 5.41) is 9.06. The van der Waals surface area contributed by atoms with Crippen molar-refractivity contribution in [1.29, 1.82) is 0 Å². The zero-order valence-electron chi connectivity index (χ0n) is 22.1. The number of methoxy groups -OCH3 is 1. The average Bonchev–Trinajstić information content (AvgIpc) is 3.08. The van der Waals surface area contributed by atoms with E-state index >= 15 is 0 Å². The number of nitrogens with zero attached hydrogens (tertiary/aromatic N) is 7. The molecule has 38 heavy (non-hydrogen) atoms. The fourth-order valence-corrected chi connectivity index (χ4v) is 4.36. The van der Waals surface area contributed by atoms with Gasteiger partial charge in [-0.15, -0.1) is 5.10 Å². The Labute approximate surface area is 221 Å². The monoisotopic (exact) mass is 516 g/mol. The highest BCUT2D eigenvalue weighted by molar-refractivity contribution is 5.93. The molecule has 5 rings (SSSR count). The van der Waals surface area contributed by atoms with Gasteiger partial charge in [-0.05, 0) is 45.4 Å². The predicted octanol–water partition coefficient (Wildman–Crippen LogP) is 4.41. The summed E-state index contributed by atoms with van der Waals surface area (Å²) in [4.78, 5) is 29.6. The highest BCUT2D eigenvalue weighted by atomic mass is 16.6. The summed E-state index contributed by atoms with van der Waals surface area (Å²) in [6.45, 7) is 8.29. The quantitative estimate of drug-likeness (QED) is 0.412. The van der Waals surface area contributed by atoms with Crippen molar-refractivity contribution in [2.24, 2.45) is 0 Å². The van der Waals surface area contributed by atoms with Crippen LogP contribution in [0.3, 0.4) is 0 Å². The van der Waals surface area contributed by atoms with Gasteiger partial charge >= 0.3 is 6.09 Å². The van der Waals surface area contributed by atoms with E-state index in [4.69, 9.17) is 14.6 Å². The van der Waals surface area contributed by atoms with Crippen molar-refractivity contribution < 1.29 is 14.3 Å². The molecule has 0 bridgehead atoms. The summed E-state index contributed by atoms with van der Waals surface area (Å²) >= 11 is 0. The van der Waals surface area contributed by atoms with E-state index in [1.54, 1.807) is 36.8 Å². The maximum Gasteiger partial charge on any atom is 0.410 e. The lowest BCUT2D eigenvalue weighted by atomic mass is 10.2. The molecule has 1 aliphatic rings. The van der Waals surface area contributed by atoms with Crippen molar-refractivity contribution in [3.8, 4) is 11.4 Å². The Hall–Kier alpha value is -4.41. The maximum absolute atomic E-state index is 12.6. The molecule has 1 aromatic carbocycles. The van der Waals surface area contributed by atoms with E-state index < -0.39 is 5.60 Å². The molecular formula is C27H32N8O3. The Morgan fingerprint density at radius 1 is 1.00 bits per heavy atom. The lowest BCUT2D eigenvalue weighted by molar-refractivity contribution is 0.0263. The first-order valence-corrected chi connectivity index (χ1v) is 12.6. The zero-order chi connectivity index (χ0) is 26.7. The van der Waals surface area contributed by atoms with Gasteiger partial charge < -0.3 is 24.6 Å². The van der Waals surface area contributed by atoms with Gasteiger partial charge in [0, 0.05) is 62.3 Å². The van der Waals surface area contributed by atoms with E-state index in [0.717, 1.165) is 41.1 Å². The third kappa shape index (κ3) is 5.61. The molecule has 198 valence electrons. The lowest BCUT2D eigenvalue weighted by Gasteiger charge is -2.26. The van der Waals surface area contributed by atoms with Crippen LogP contribution in [0.4, 0.5) is 22.2 Å². The van der Waals surface area contributed by atoms with Gasteiger partial charge in [0.25, 0.3) is 0 Å². The summed E-state index contributed by atoms with van der Waals surface area (Å²) in [6.07, 6.45) is 7.23. The number of hydrogen-bond donors (Lipinski definition) is 1. The number of amides is 1. The van der Waals surface area contributed by atoms with Crippen LogP contribution in [0.2, 0.25) is 0 Å². The molecule has 0 aliphatic carbocycles. The molecule has 0 atom stereocenters. The fraction of sp³-hybridized carbons (Fsp3) is 0.370. The standard InChI is InChI=1S/C27H32N8O3/c1-27(2,3)38-26(36)34-13-5-12-33(14-15-34)24-16-19(8-9-30-24)35-22-17-20(37-4)6-7-21(22)25(32-35)31-23-18-28-10-11-29-23/h6-11,16-18H,5,12-15H2,1-4H3,(H,29,31,32). The molecule has 11 heteroatoms. The Bertz CT molecular complexity index is 1420. The Morgan fingerprint density at radius 3 is 2.63 bits per heavy atom. The minimum absolute atomic E-state index is 0.277. The second-order valence-electron chi connectivity index (χ2n) is 10.0. The molecule has 0 saturated carbocycles. The molecule has 1 saturated heterocycles. The van der Waals surface area contributed by atoms with E-state index in [1.807, 2.05) is 55.8 Å². The number of fused-ring (bicyclic) bond motifs is 1. The summed E-state index contributed by atoms with van der Waals surface area (Å²) in [7, 11) is 1.64. The van der Waals surface area contributed by atoms with Crippen molar-refractivity contribution >= 4 is 34.4 Å². The molecule has 1 fully saturated rings. The van der Waals surface area contributed by atoms with Crippen LogP contribution in [0.25, 0.3) is 16.6 Å². The third-order valence-corrected chi connectivity index (χ3v) is 6.14. The lowest BCUT2D eigenvalue weighted by Crippen LogP contribution is -2.39.